The number of benzene rings is 2. The summed E-state index contributed by atoms with van der Waals surface area (Å²) in [7, 11) is 3.92. The van der Waals surface area contributed by atoms with Gasteiger partial charge in [-0.25, -0.2) is 0 Å². The fourth-order valence-corrected chi connectivity index (χ4v) is 3.69. The van der Waals surface area contributed by atoms with Gasteiger partial charge in [-0.1, -0.05) is 30.3 Å². The first-order chi connectivity index (χ1) is 11.8. The molecule has 0 saturated carbocycles. The minimum Gasteiger partial charge on any atom is -0.497 e. The van der Waals surface area contributed by atoms with Gasteiger partial charge in [-0.05, 0) is 19.2 Å². The maximum atomic E-state index is 5.49. The molecule has 2 aromatic rings. The fraction of sp³-hybridized carbons (Fsp3) is 0.350. The quantitative estimate of drug-likeness (QED) is 0.851. The summed E-state index contributed by atoms with van der Waals surface area (Å²) in [6.07, 6.45) is 0. The lowest BCUT2D eigenvalue weighted by atomic mass is 9.99. The van der Waals surface area contributed by atoms with Gasteiger partial charge in [-0.15, -0.1) is 0 Å². The van der Waals surface area contributed by atoms with Crippen molar-refractivity contribution in [2.24, 2.45) is 4.99 Å². The van der Waals surface area contributed by atoms with Crippen LogP contribution in [0.1, 0.15) is 11.1 Å². The SMILES string of the molecule is COc1ccc2c(c1)N1CCN(C)CC1CN=C2c1ccccc1. The minimum absolute atomic E-state index is 0.413. The number of nitrogens with zero attached hydrogens (tertiary/aromatic N) is 3. The topological polar surface area (TPSA) is 28.1 Å². The number of hydrogen-bond acceptors (Lipinski definition) is 4. The van der Waals surface area contributed by atoms with Crippen molar-refractivity contribution in [2.75, 3.05) is 45.2 Å². The van der Waals surface area contributed by atoms with Crippen molar-refractivity contribution in [1.29, 1.82) is 0 Å². The Labute approximate surface area is 143 Å². The third kappa shape index (κ3) is 2.67. The molecule has 0 aromatic heterocycles. The molecule has 2 aromatic carbocycles. The number of rotatable bonds is 2. The van der Waals surface area contributed by atoms with E-state index in [2.05, 4.69) is 53.2 Å². The minimum atomic E-state index is 0.413. The van der Waals surface area contributed by atoms with Gasteiger partial charge in [0.15, 0.2) is 0 Å². The molecule has 0 aliphatic carbocycles. The number of aliphatic imine (C=N–C) groups is 1. The fourth-order valence-electron chi connectivity index (χ4n) is 3.69. The van der Waals surface area contributed by atoms with E-state index in [0.717, 1.165) is 37.6 Å². The molecule has 124 valence electrons. The molecule has 0 bridgehead atoms. The van der Waals surface area contributed by atoms with Crippen molar-refractivity contribution in [1.82, 2.24) is 4.90 Å². The molecule has 0 amide bonds. The second-order valence-electron chi connectivity index (χ2n) is 6.55. The van der Waals surface area contributed by atoms with E-state index >= 15 is 0 Å². The van der Waals surface area contributed by atoms with Crippen LogP contribution in [0.15, 0.2) is 53.5 Å². The van der Waals surface area contributed by atoms with Gasteiger partial charge in [-0.2, -0.15) is 0 Å². The molecule has 4 heteroatoms. The van der Waals surface area contributed by atoms with Crippen LogP contribution in [0.5, 0.6) is 5.75 Å². The van der Waals surface area contributed by atoms with Crippen molar-refractivity contribution in [3.05, 3.63) is 59.7 Å². The van der Waals surface area contributed by atoms with E-state index in [1.807, 2.05) is 12.1 Å². The average Bonchev–Trinajstić information content (AvgIpc) is 2.78. The number of hydrogen-bond donors (Lipinski definition) is 0. The number of methoxy groups -OCH3 is 1. The summed E-state index contributed by atoms with van der Waals surface area (Å²) in [6, 6.07) is 17.3. The maximum absolute atomic E-state index is 5.49. The van der Waals surface area contributed by atoms with Crippen LogP contribution in [0.3, 0.4) is 0 Å². The van der Waals surface area contributed by atoms with Crippen molar-refractivity contribution >= 4 is 11.4 Å². The van der Waals surface area contributed by atoms with Gasteiger partial charge in [0.2, 0.25) is 0 Å². The summed E-state index contributed by atoms with van der Waals surface area (Å²) >= 11 is 0. The lowest BCUT2D eigenvalue weighted by Gasteiger charge is -2.40. The number of anilines is 1. The Hall–Kier alpha value is -2.33. The van der Waals surface area contributed by atoms with Crippen molar-refractivity contribution in [3.63, 3.8) is 0 Å². The van der Waals surface area contributed by atoms with Crippen LogP contribution < -0.4 is 9.64 Å². The molecule has 2 aliphatic heterocycles. The van der Waals surface area contributed by atoms with E-state index in [1.54, 1.807) is 7.11 Å². The van der Waals surface area contributed by atoms with Gasteiger partial charge < -0.3 is 14.5 Å². The Balaban J connectivity index is 1.85. The van der Waals surface area contributed by atoms with E-state index in [4.69, 9.17) is 9.73 Å². The van der Waals surface area contributed by atoms with Crippen LogP contribution >= 0.6 is 0 Å². The van der Waals surface area contributed by atoms with Gasteiger partial charge in [0, 0.05) is 36.8 Å². The second-order valence-corrected chi connectivity index (χ2v) is 6.55. The standard InChI is InChI=1S/C20H23N3O/c1-22-10-11-23-16(14-22)13-21-20(15-6-4-3-5-7-15)18-9-8-17(24-2)12-19(18)23/h3-9,12,16H,10-11,13-14H2,1-2H3. The molecular formula is C20H23N3O. The first-order valence-electron chi connectivity index (χ1n) is 8.50. The predicted octanol–water partition coefficient (Wildman–Crippen LogP) is 2.67. The summed E-state index contributed by atoms with van der Waals surface area (Å²) in [5, 5.41) is 0. The second kappa shape index (κ2) is 6.29. The van der Waals surface area contributed by atoms with E-state index < -0.39 is 0 Å². The zero-order valence-corrected chi connectivity index (χ0v) is 14.3. The molecule has 24 heavy (non-hydrogen) atoms. The van der Waals surface area contributed by atoms with Crippen molar-refractivity contribution in [2.45, 2.75) is 6.04 Å². The number of piperazine rings is 1. The Morgan fingerprint density at radius 3 is 2.71 bits per heavy atom. The molecule has 0 spiro atoms. The van der Waals surface area contributed by atoms with Crippen molar-refractivity contribution < 1.29 is 4.74 Å². The van der Waals surface area contributed by atoms with Crippen LogP contribution in [-0.4, -0.2) is 57.0 Å². The average molecular weight is 321 g/mol. The molecule has 0 radical (unpaired) electrons. The van der Waals surface area contributed by atoms with Crippen LogP contribution in [0.25, 0.3) is 0 Å². The van der Waals surface area contributed by atoms with E-state index in [1.165, 1.54) is 16.8 Å². The highest BCUT2D eigenvalue weighted by molar-refractivity contribution is 6.16. The summed E-state index contributed by atoms with van der Waals surface area (Å²) in [5.41, 5.74) is 4.71. The van der Waals surface area contributed by atoms with Crippen LogP contribution in [-0.2, 0) is 0 Å². The third-order valence-electron chi connectivity index (χ3n) is 4.96. The van der Waals surface area contributed by atoms with E-state index in [-0.39, 0.29) is 0 Å². The van der Waals surface area contributed by atoms with E-state index in [0.29, 0.717) is 6.04 Å². The molecule has 2 heterocycles. The molecule has 1 fully saturated rings. The van der Waals surface area contributed by atoms with Crippen molar-refractivity contribution in [3.8, 4) is 5.75 Å². The summed E-state index contributed by atoms with van der Waals surface area (Å²) < 4.78 is 5.49. The Bertz CT molecular complexity index is 757. The van der Waals surface area contributed by atoms with Gasteiger partial charge in [0.05, 0.1) is 31.1 Å². The highest BCUT2D eigenvalue weighted by atomic mass is 16.5. The number of likely N-dealkylation sites (N-methyl/N-ethyl adjacent to an activating group) is 1. The van der Waals surface area contributed by atoms with Crippen LogP contribution in [0.2, 0.25) is 0 Å². The van der Waals surface area contributed by atoms with Gasteiger partial charge >= 0.3 is 0 Å². The van der Waals surface area contributed by atoms with E-state index in [9.17, 15) is 0 Å². The Morgan fingerprint density at radius 2 is 1.92 bits per heavy atom. The van der Waals surface area contributed by atoms with Crippen LogP contribution in [0.4, 0.5) is 5.69 Å². The van der Waals surface area contributed by atoms with Gasteiger partial charge in [0.1, 0.15) is 5.75 Å². The summed E-state index contributed by atoms with van der Waals surface area (Å²) in [5.74, 6) is 0.903. The zero-order chi connectivity index (χ0) is 16.5. The molecule has 1 saturated heterocycles. The lowest BCUT2D eigenvalue weighted by molar-refractivity contribution is 0.270. The highest BCUT2D eigenvalue weighted by Crippen LogP contribution is 2.33. The summed E-state index contributed by atoms with van der Waals surface area (Å²) in [4.78, 5) is 9.92. The van der Waals surface area contributed by atoms with Gasteiger partial charge in [-0.3, -0.25) is 4.99 Å². The largest absolute Gasteiger partial charge is 0.497 e. The summed E-state index contributed by atoms with van der Waals surface area (Å²) in [6.45, 7) is 3.97. The molecule has 4 rings (SSSR count). The lowest BCUT2D eigenvalue weighted by Crippen LogP contribution is -2.53. The molecule has 1 unspecified atom stereocenters. The smallest absolute Gasteiger partial charge is 0.120 e. The highest BCUT2D eigenvalue weighted by Gasteiger charge is 2.30. The number of ether oxygens (including phenoxy) is 1. The molecule has 2 aliphatic rings. The first-order valence-corrected chi connectivity index (χ1v) is 8.50. The normalized spacial score (nSPS) is 20.7. The Kier molecular flexibility index (Phi) is 3.98. The molecule has 1 atom stereocenters. The van der Waals surface area contributed by atoms with Crippen LogP contribution in [0, 0.1) is 0 Å². The molecule has 4 nitrogen and oxygen atoms in total. The van der Waals surface area contributed by atoms with Gasteiger partial charge in [0.25, 0.3) is 0 Å². The molecular weight excluding hydrogens is 298 g/mol. The monoisotopic (exact) mass is 321 g/mol. The predicted molar refractivity (Wildman–Crippen MR) is 98.6 cm³/mol. The zero-order valence-electron chi connectivity index (χ0n) is 14.3. The first kappa shape index (κ1) is 15.2. The third-order valence-corrected chi connectivity index (χ3v) is 4.96. The number of fused-ring (bicyclic) bond motifs is 3. The maximum Gasteiger partial charge on any atom is 0.120 e. The molecule has 0 N–H and O–H groups in total. The Morgan fingerprint density at radius 1 is 1.08 bits per heavy atom.